The molecule has 0 heterocycles. The molecular weight excluding hydrogens is 240 g/mol. The van der Waals surface area contributed by atoms with Gasteiger partial charge in [0.1, 0.15) is 5.75 Å². The van der Waals surface area contributed by atoms with Gasteiger partial charge in [-0.2, -0.15) is 0 Å². The predicted molar refractivity (Wildman–Crippen MR) is 75.2 cm³/mol. The van der Waals surface area contributed by atoms with Gasteiger partial charge in [0.25, 0.3) is 5.91 Å². The highest BCUT2D eigenvalue weighted by Gasteiger charge is 2.30. The Bertz CT molecular complexity index is 455. The Morgan fingerprint density at radius 1 is 1.47 bits per heavy atom. The van der Waals surface area contributed by atoms with Crippen LogP contribution >= 0.6 is 0 Å². The molecule has 0 spiro atoms. The monoisotopic (exact) mass is 262 g/mol. The van der Waals surface area contributed by atoms with Crippen molar-refractivity contribution < 1.29 is 9.90 Å². The molecule has 0 aromatic heterocycles. The molecule has 4 heteroatoms. The first-order chi connectivity index (χ1) is 9.15. The van der Waals surface area contributed by atoms with E-state index < -0.39 is 0 Å². The summed E-state index contributed by atoms with van der Waals surface area (Å²) in [6.45, 7) is 3.06. The Kier molecular flexibility index (Phi) is 4.43. The van der Waals surface area contributed by atoms with Crippen molar-refractivity contribution in [2.75, 3.05) is 13.1 Å². The van der Waals surface area contributed by atoms with E-state index >= 15 is 0 Å². The van der Waals surface area contributed by atoms with Crippen molar-refractivity contribution in [3.63, 3.8) is 0 Å². The number of nitrogens with two attached hydrogens (primary N) is 1. The fourth-order valence-electron chi connectivity index (χ4n) is 2.40. The summed E-state index contributed by atoms with van der Waals surface area (Å²) >= 11 is 0. The number of amides is 1. The summed E-state index contributed by atoms with van der Waals surface area (Å²) < 4.78 is 0. The Labute approximate surface area is 114 Å². The number of rotatable bonds is 5. The maximum Gasteiger partial charge on any atom is 0.257 e. The quantitative estimate of drug-likeness (QED) is 0.853. The minimum atomic E-state index is -0.0700. The highest BCUT2D eigenvalue weighted by molar-refractivity contribution is 5.97. The predicted octanol–water partition coefficient (Wildman–Crippen LogP) is 2.04. The van der Waals surface area contributed by atoms with E-state index in [1.807, 2.05) is 11.0 Å². The molecule has 0 unspecified atom stereocenters. The average Bonchev–Trinajstić information content (AvgIpc) is 2.34. The van der Waals surface area contributed by atoms with Crippen molar-refractivity contribution in [3.8, 4) is 5.75 Å². The van der Waals surface area contributed by atoms with Gasteiger partial charge in [0.05, 0.1) is 5.56 Å². The van der Waals surface area contributed by atoms with Gasteiger partial charge in [-0.25, -0.2) is 0 Å². The van der Waals surface area contributed by atoms with E-state index in [4.69, 9.17) is 5.73 Å². The van der Waals surface area contributed by atoms with Crippen LogP contribution < -0.4 is 5.73 Å². The van der Waals surface area contributed by atoms with Gasteiger partial charge in [0.2, 0.25) is 0 Å². The molecule has 1 saturated carbocycles. The van der Waals surface area contributed by atoms with E-state index in [0.717, 1.165) is 24.8 Å². The first kappa shape index (κ1) is 13.9. The lowest BCUT2D eigenvalue weighted by Gasteiger charge is -2.37. The zero-order valence-corrected chi connectivity index (χ0v) is 11.4. The molecule has 1 aromatic carbocycles. The van der Waals surface area contributed by atoms with Crippen LogP contribution in [0.25, 0.3) is 0 Å². The summed E-state index contributed by atoms with van der Waals surface area (Å²) in [5.41, 5.74) is 6.68. The molecule has 1 amide bonds. The van der Waals surface area contributed by atoms with Crippen molar-refractivity contribution in [3.05, 3.63) is 29.3 Å². The summed E-state index contributed by atoms with van der Waals surface area (Å²) in [7, 11) is 0. The SMILES string of the molecule is Cc1cccc(C(=O)N(CCCN)C2CCC2)c1O. The Morgan fingerprint density at radius 2 is 2.21 bits per heavy atom. The van der Waals surface area contributed by atoms with E-state index in [9.17, 15) is 9.90 Å². The maximum atomic E-state index is 12.6. The van der Waals surface area contributed by atoms with Crippen molar-refractivity contribution >= 4 is 5.91 Å². The molecule has 0 radical (unpaired) electrons. The van der Waals surface area contributed by atoms with Crippen LogP contribution in [0, 0.1) is 6.92 Å². The lowest BCUT2D eigenvalue weighted by Crippen LogP contribution is -2.45. The van der Waals surface area contributed by atoms with Crippen molar-refractivity contribution in [1.82, 2.24) is 4.90 Å². The van der Waals surface area contributed by atoms with Crippen LogP contribution in [0.4, 0.5) is 0 Å². The van der Waals surface area contributed by atoms with Gasteiger partial charge in [-0.1, -0.05) is 12.1 Å². The largest absolute Gasteiger partial charge is 0.507 e. The first-order valence-corrected chi connectivity index (χ1v) is 6.94. The molecule has 0 saturated heterocycles. The summed E-state index contributed by atoms with van der Waals surface area (Å²) in [5, 5.41) is 10.0. The fraction of sp³-hybridized carbons (Fsp3) is 0.533. The summed E-state index contributed by atoms with van der Waals surface area (Å²) in [5.74, 6) is 0.0314. The number of benzene rings is 1. The number of phenols is 1. The molecule has 0 bridgehead atoms. The second-order valence-corrected chi connectivity index (χ2v) is 5.20. The van der Waals surface area contributed by atoms with Gasteiger partial charge in [0.15, 0.2) is 0 Å². The summed E-state index contributed by atoms with van der Waals surface area (Å²) in [4.78, 5) is 14.5. The number of para-hydroxylation sites is 1. The van der Waals surface area contributed by atoms with Gasteiger partial charge in [-0.3, -0.25) is 4.79 Å². The molecule has 1 aliphatic carbocycles. The highest BCUT2D eigenvalue weighted by Crippen LogP contribution is 2.29. The number of carbonyl (C=O) groups is 1. The molecule has 1 aromatic rings. The molecule has 1 aliphatic rings. The summed E-state index contributed by atoms with van der Waals surface area (Å²) in [6.07, 6.45) is 4.09. The lowest BCUT2D eigenvalue weighted by atomic mass is 9.90. The molecule has 3 N–H and O–H groups in total. The van der Waals surface area contributed by atoms with Crippen LogP contribution in [0.2, 0.25) is 0 Å². The third kappa shape index (κ3) is 2.89. The topological polar surface area (TPSA) is 66.6 Å². The Balaban J connectivity index is 2.20. The van der Waals surface area contributed by atoms with Crippen LogP contribution in [0.3, 0.4) is 0 Å². The molecule has 19 heavy (non-hydrogen) atoms. The smallest absolute Gasteiger partial charge is 0.257 e. The average molecular weight is 262 g/mol. The van der Waals surface area contributed by atoms with Gasteiger partial charge < -0.3 is 15.7 Å². The third-order valence-corrected chi connectivity index (χ3v) is 3.85. The Morgan fingerprint density at radius 3 is 2.79 bits per heavy atom. The molecule has 0 aliphatic heterocycles. The van der Waals surface area contributed by atoms with Crippen LogP contribution in [-0.2, 0) is 0 Å². The molecule has 1 fully saturated rings. The second-order valence-electron chi connectivity index (χ2n) is 5.20. The number of hydrogen-bond donors (Lipinski definition) is 2. The lowest BCUT2D eigenvalue weighted by molar-refractivity contribution is 0.0575. The molecule has 4 nitrogen and oxygen atoms in total. The van der Waals surface area contributed by atoms with Crippen molar-refractivity contribution in [2.45, 2.75) is 38.6 Å². The maximum absolute atomic E-state index is 12.6. The molecule has 104 valence electrons. The van der Waals surface area contributed by atoms with Crippen molar-refractivity contribution in [1.29, 1.82) is 0 Å². The highest BCUT2D eigenvalue weighted by atomic mass is 16.3. The number of hydrogen-bond acceptors (Lipinski definition) is 3. The van der Waals surface area contributed by atoms with Gasteiger partial charge in [0, 0.05) is 12.6 Å². The number of carbonyl (C=O) groups excluding carboxylic acids is 1. The number of nitrogens with zero attached hydrogens (tertiary/aromatic N) is 1. The minimum Gasteiger partial charge on any atom is -0.507 e. The standard InChI is InChI=1S/C15H22N2O2/c1-11-5-2-8-13(14(11)18)15(19)17(10-4-9-16)12-6-3-7-12/h2,5,8,12,18H,3-4,6-7,9-10,16H2,1H3. The normalized spacial score (nSPS) is 15.1. The molecule has 0 atom stereocenters. The minimum absolute atomic E-state index is 0.0700. The van der Waals surface area contributed by atoms with E-state index in [1.165, 1.54) is 6.42 Å². The van der Waals surface area contributed by atoms with Crippen LogP contribution in [0.5, 0.6) is 5.75 Å². The van der Waals surface area contributed by atoms with E-state index in [2.05, 4.69) is 0 Å². The number of aromatic hydroxyl groups is 1. The number of aryl methyl sites for hydroxylation is 1. The van der Waals surface area contributed by atoms with Crippen LogP contribution in [0.1, 0.15) is 41.6 Å². The molecule has 2 rings (SSSR count). The van der Waals surface area contributed by atoms with E-state index in [-0.39, 0.29) is 11.7 Å². The first-order valence-electron chi connectivity index (χ1n) is 6.94. The van der Waals surface area contributed by atoms with Gasteiger partial charge >= 0.3 is 0 Å². The van der Waals surface area contributed by atoms with Crippen LogP contribution in [-0.4, -0.2) is 35.0 Å². The van der Waals surface area contributed by atoms with Gasteiger partial charge in [-0.05, 0) is 50.8 Å². The fourth-order valence-corrected chi connectivity index (χ4v) is 2.40. The van der Waals surface area contributed by atoms with Gasteiger partial charge in [-0.15, -0.1) is 0 Å². The van der Waals surface area contributed by atoms with E-state index in [1.54, 1.807) is 19.1 Å². The Hall–Kier alpha value is -1.55. The van der Waals surface area contributed by atoms with Crippen molar-refractivity contribution in [2.24, 2.45) is 5.73 Å². The van der Waals surface area contributed by atoms with Crippen LogP contribution in [0.15, 0.2) is 18.2 Å². The third-order valence-electron chi connectivity index (χ3n) is 3.85. The molecular formula is C15H22N2O2. The van der Waals surface area contributed by atoms with E-state index in [0.29, 0.717) is 24.7 Å². The second kappa shape index (κ2) is 6.06. The zero-order chi connectivity index (χ0) is 13.8. The number of phenolic OH excluding ortho intramolecular Hbond substituents is 1. The zero-order valence-electron chi connectivity index (χ0n) is 11.4. The summed E-state index contributed by atoms with van der Waals surface area (Å²) in [6, 6.07) is 5.63.